The largest absolute Gasteiger partial charge is 0.394 e. The Bertz CT molecular complexity index is 524. The minimum Gasteiger partial charge on any atom is -0.394 e. The maximum atomic E-state index is 9.13. The number of nitrogens with one attached hydrogen (secondary N) is 1. The molecule has 0 spiro atoms. The maximum Gasteiger partial charge on any atom is 0.0644 e. The van der Waals surface area contributed by atoms with Crippen LogP contribution in [0.15, 0.2) is 0 Å². The second-order valence-corrected chi connectivity index (χ2v) is 7.87. The average Bonchev–Trinajstić information content (AvgIpc) is 2.82. The summed E-state index contributed by atoms with van der Waals surface area (Å²) in [5, 5.41) is 17.3. The van der Waals surface area contributed by atoms with Crippen LogP contribution in [0.2, 0.25) is 0 Å². The standard InChI is InChI=1S/C19H36N4O/c1-6-17-8-7-9-22(13-17)19(4,5)14-20-12-18-15(2)21-23(10-11-24)16(18)3/h17,20,24H,6-14H2,1-5H3. The van der Waals surface area contributed by atoms with Crippen LogP contribution in [0.4, 0.5) is 0 Å². The number of rotatable bonds is 8. The summed E-state index contributed by atoms with van der Waals surface area (Å²) in [6.45, 7) is 16.2. The number of piperidine rings is 1. The zero-order valence-electron chi connectivity index (χ0n) is 16.2. The van der Waals surface area contributed by atoms with Crippen molar-refractivity contribution in [2.24, 2.45) is 5.92 Å². The fraction of sp³-hybridized carbons (Fsp3) is 0.842. The molecule has 0 saturated carbocycles. The number of nitrogens with zero attached hydrogens (tertiary/aromatic N) is 3. The SMILES string of the molecule is CCC1CCCN(C(C)(C)CNCc2c(C)nn(CCO)c2C)C1. The molecule has 5 heteroatoms. The van der Waals surface area contributed by atoms with Crippen LogP contribution in [0.25, 0.3) is 0 Å². The molecule has 1 fully saturated rings. The van der Waals surface area contributed by atoms with Gasteiger partial charge < -0.3 is 10.4 Å². The van der Waals surface area contributed by atoms with Crippen LogP contribution in [0.3, 0.4) is 0 Å². The van der Waals surface area contributed by atoms with Gasteiger partial charge in [0.2, 0.25) is 0 Å². The van der Waals surface area contributed by atoms with Crippen LogP contribution in [-0.4, -0.2) is 51.6 Å². The summed E-state index contributed by atoms with van der Waals surface area (Å²) in [5.74, 6) is 0.860. The lowest BCUT2D eigenvalue weighted by atomic mass is 9.91. The summed E-state index contributed by atoms with van der Waals surface area (Å²) in [5.41, 5.74) is 3.67. The quantitative estimate of drug-likeness (QED) is 0.766. The molecule has 0 radical (unpaired) electrons. The summed E-state index contributed by atoms with van der Waals surface area (Å²) in [7, 11) is 0. The van der Waals surface area contributed by atoms with E-state index in [0.29, 0.717) is 6.54 Å². The molecule has 1 aliphatic rings. The van der Waals surface area contributed by atoms with Crippen molar-refractivity contribution in [3.63, 3.8) is 0 Å². The molecule has 2 heterocycles. The highest BCUT2D eigenvalue weighted by Gasteiger charge is 2.30. The van der Waals surface area contributed by atoms with Gasteiger partial charge in [0, 0.05) is 36.4 Å². The van der Waals surface area contributed by atoms with Crippen molar-refractivity contribution >= 4 is 0 Å². The van der Waals surface area contributed by atoms with Crippen LogP contribution in [0.5, 0.6) is 0 Å². The van der Waals surface area contributed by atoms with Gasteiger partial charge in [-0.2, -0.15) is 5.10 Å². The molecule has 1 saturated heterocycles. The first kappa shape index (κ1) is 19.4. The molecule has 24 heavy (non-hydrogen) atoms. The number of hydrogen-bond acceptors (Lipinski definition) is 4. The van der Waals surface area contributed by atoms with E-state index in [0.717, 1.165) is 30.4 Å². The Balaban J connectivity index is 1.91. The molecule has 1 aromatic heterocycles. The number of hydrogen-bond donors (Lipinski definition) is 2. The number of aliphatic hydroxyl groups excluding tert-OH is 1. The average molecular weight is 337 g/mol. The monoisotopic (exact) mass is 336 g/mol. The lowest BCUT2D eigenvalue weighted by Gasteiger charge is -2.43. The van der Waals surface area contributed by atoms with Gasteiger partial charge in [0.15, 0.2) is 0 Å². The molecule has 2 rings (SSSR count). The van der Waals surface area contributed by atoms with E-state index in [1.807, 2.05) is 4.68 Å². The molecular weight excluding hydrogens is 300 g/mol. The molecule has 2 N–H and O–H groups in total. The molecule has 1 unspecified atom stereocenters. The van der Waals surface area contributed by atoms with E-state index in [1.165, 1.54) is 37.9 Å². The predicted molar refractivity (Wildman–Crippen MR) is 99.2 cm³/mol. The predicted octanol–water partition coefficient (Wildman–Crippen LogP) is 2.48. The van der Waals surface area contributed by atoms with E-state index in [1.54, 1.807) is 0 Å². The van der Waals surface area contributed by atoms with Gasteiger partial charge in [0.1, 0.15) is 0 Å². The lowest BCUT2D eigenvalue weighted by molar-refractivity contribution is 0.0648. The molecule has 0 aliphatic carbocycles. The van der Waals surface area contributed by atoms with E-state index in [4.69, 9.17) is 5.11 Å². The highest BCUT2D eigenvalue weighted by molar-refractivity contribution is 5.24. The second-order valence-electron chi connectivity index (χ2n) is 7.87. The van der Waals surface area contributed by atoms with Crippen LogP contribution in [-0.2, 0) is 13.1 Å². The van der Waals surface area contributed by atoms with Gasteiger partial charge in [-0.1, -0.05) is 13.3 Å². The number of aliphatic hydroxyl groups is 1. The van der Waals surface area contributed by atoms with E-state index in [2.05, 4.69) is 49.9 Å². The molecular formula is C19H36N4O. The van der Waals surface area contributed by atoms with E-state index >= 15 is 0 Å². The first-order valence-corrected chi connectivity index (χ1v) is 9.48. The first-order chi connectivity index (χ1) is 11.4. The van der Waals surface area contributed by atoms with Crippen molar-refractivity contribution in [1.82, 2.24) is 20.0 Å². The van der Waals surface area contributed by atoms with E-state index in [9.17, 15) is 0 Å². The highest BCUT2D eigenvalue weighted by atomic mass is 16.3. The van der Waals surface area contributed by atoms with Gasteiger partial charge in [0.25, 0.3) is 0 Å². The van der Waals surface area contributed by atoms with Crippen molar-refractivity contribution in [3.05, 3.63) is 17.0 Å². The summed E-state index contributed by atoms with van der Waals surface area (Å²) < 4.78 is 1.91. The third-order valence-corrected chi connectivity index (χ3v) is 5.65. The molecule has 1 aliphatic heterocycles. The smallest absolute Gasteiger partial charge is 0.0644 e. The Labute approximate surface area is 147 Å². The Morgan fingerprint density at radius 1 is 1.33 bits per heavy atom. The number of aryl methyl sites for hydroxylation is 1. The Hall–Kier alpha value is -0.910. The van der Waals surface area contributed by atoms with Gasteiger partial charge in [-0.05, 0) is 53.0 Å². The first-order valence-electron chi connectivity index (χ1n) is 9.48. The van der Waals surface area contributed by atoms with Gasteiger partial charge in [0.05, 0.1) is 18.8 Å². The highest BCUT2D eigenvalue weighted by Crippen LogP contribution is 2.25. The molecule has 0 amide bonds. The van der Waals surface area contributed by atoms with Crippen LogP contribution in [0, 0.1) is 19.8 Å². The Morgan fingerprint density at radius 2 is 2.08 bits per heavy atom. The van der Waals surface area contributed by atoms with Crippen molar-refractivity contribution in [3.8, 4) is 0 Å². The molecule has 0 bridgehead atoms. The minimum absolute atomic E-state index is 0.134. The van der Waals surface area contributed by atoms with Crippen molar-refractivity contribution in [1.29, 1.82) is 0 Å². The summed E-state index contributed by atoms with van der Waals surface area (Å²) in [4.78, 5) is 2.66. The third kappa shape index (κ3) is 4.58. The molecule has 5 nitrogen and oxygen atoms in total. The zero-order chi connectivity index (χ0) is 17.7. The fourth-order valence-electron chi connectivity index (χ4n) is 3.86. The van der Waals surface area contributed by atoms with E-state index < -0.39 is 0 Å². The van der Waals surface area contributed by atoms with Crippen molar-refractivity contribution < 1.29 is 5.11 Å². The van der Waals surface area contributed by atoms with Crippen molar-refractivity contribution in [2.75, 3.05) is 26.2 Å². The Kier molecular flexibility index (Phi) is 6.84. The molecule has 1 atom stereocenters. The van der Waals surface area contributed by atoms with Crippen LogP contribution >= 0.6 is 0 Å². The zero-order valence-corrected chi connectivity index (χ0v) is 16.2. The molecule has 138 valence electrons. The molecule has 1 aromatic rings. The van der Waals surface area contributed by atoms with Gasteiger partial charge >= 0.3 is 0 Å². The summed E-state index contributed by atoms with van der Waals surface area (Å²) in [6.07, 6.45) is 4.01. The van der Waals surface area contributed by atoms with Gasteiger partial charge in [-0.25, -0.2) is 0 Å². The number of likely N-dealkylation sites (tertiary alicyclic amines) is 1. The normalized spacial score (nSPS) is 19.8. The fourth-order valence-corrected chi connectivity index (χ4v) is 3.86. The van der Waals surface area contributed by atoms with Crippen LogP contribution in [0.1, 0.15) is 57.0 Å². The van der Waals surface area contributed by atoms with Crippen molar-refractivity contribution in [2.45, 2.75) is 72.5 Å². The summed E-state index contributed by atoms with van der Waals surface area (Å²) >= 11 is 0. The second kappa shape index (κ2) is 8.45. The van der Waals surface area contributed by atoms with Gasteiger partial charge in [-0.15, -0.1) is 0 Å². The third-order valence-electron chi connectivity index (χ3n) is 5.65. The number of aromatic nitrogens is 2. The van der Waals surface area contributed by atoms with Crippen LogP contribution < -0.4 is 5.32 Å². The summed E-state index contributed by atoms with van der Waals surface area (Å²) in [6, 6.07) is 0. The maximum absolute atomic E-state index is 9.13. The lowest BCUT2D eigenvalue weighted by Crippen LogP contribution is -2.54. The van der Waals surface area contributed by atoms with E-state index in [-0.39, 0.29) is 12.1 Å². The van der Waals surface area contributed by atoms with Gasteiger partial charge in [-0.3, -0.25) is 9.58 Å². The minimum atomic E-state index is 0.134. The Morgan fingerprint density at radius 3 is 2.75 bits per heavy atom. The molecule has 0 aromatic carbocycles. The topological polar surface area (TPSA) is 53.3 Å².